The Morgan fingerprint density at radius 2 is 1.17 bits per heavy atom. The van der Waals surface area contributed by atoms with E-state index in [4.69, 9.17) is 23.7 Å². The number of rotatable bonds is 31. The van der Waals surface area contributed by atoms with Crippen LogP contribution >= 0.6 is 0 Å². The van der Waals surface area contributed by atoms with Crippen molar-refractivity contribution in [1.82, 2.24) is 9.97 Å². The van der Waals surface area contributed by atoms with Crippen molar-refractivity contribution >= 4 is 11.9 Å². The average molecular weight is 895 g/mol. The minimum atomic E-state index is -0.402. The van der Waals surface area contributed by atoms with Gasteiger partial charge in [0.15, 0.2) is 0 Å². The molecule has 66 heavy (non-hydrogen) atoms. The van der Waals surface area contributed by atoms with Crippen LogP contribution in [-0.2, 0) is 43.1 Å². The largest absolute Gasteiger partial charge is 0.494 e. The van der Waals surface area contributed by atoms with Crippen molar-refractivity contribution in [2.24, 2.45) is 0 Å². The maximum Gasteiger partial charge on any atom is 0.333 e. The first-order valence-corrected chi connectivity index (χ1v) is 23.9. The molecule has 0 bridgehead atoms. The molecule has 0 aliphatic carbocycles. The van der Waals surface area contributed by atoms with Crippen LogP contribution < -0.4 is 9.47 Å². The third kappa shape index (κ3) is 18.1. The van der Waals surface area contributed by atoms with Crippen LogP contribution in [0, 0.1) is 0 Å². The topological polar surface area (TPSA) is 106 Å². The number of hydrogen-bond donors (Lipinski definition) is 0. The number of esters is 2. The van der Waals surface area contributed by atoms with Crippen LogP contribution in [-0.4, -0.2) is 61.5 Å². The molecular formula is C57H70N2O7. The highest BCUT2D eigenvalue weighted by Gasteiger charge is 2.16. The predicted octanol–water partition coefficient (Wildman–Crippen LogP) is 12.9. The summed E-state index contributed by atoms with van der Waals surface area (Å²) in [5, 5.41) is 0. The summed E-state index contributed by atoms with van der Waals surface area (Å²) >= 11 is 0. The van der Waals surface area contributed by atoms with Gasteiger partial charge in [0, 0.05) is 23.9 Å². The number of aryl methyl sites for hydroxylation is 2. The molecule has 0 amide bonds. The molecule has 0 saturated carbocycles. The molecule has 0 aliphatic rings. The maximum absolute atomic E-state index is 12.0. The summed E-state index contributed by atoms with van der Waals surface area (Å²) in [5.74, 6) is 0.934. The Morgan fingerprint density at radius 1 is 0.576 bits per heavy atom. The first-order valence-electron chi connectivity index (χ1n) is 23.9. The van der Waals surface area contributed by atoms with Crippen LogP contribution in [0.1, 0.15) is 113 Å². The van der Waals surface area contributed by atoms with Crippen molar-refractivity contribution < 1.29 is 33.3 Å². The molecule has 0 atom stereocenters. The molecule has 3 aromatic carbocycles. The molecular weight excluding hydrogens is 825 g/mol. The van der Waals surface area contributed by atoms with Crippen LogP contribution in [0.4, 0.5) is 0 Å². The number of aromatic nitrogens is 2. The second-order valence-corrected chi connectivity index (χ2v) is 16.9. The number of carbonyl (C=O) groups excluding carboxylic acids is 2. The van der Waals surface area contributed by atoms with Crippen LogP contribution in [0.25, 0.3) is 22.5 Å². The molecule has 5 aromatic rings. The first-order chi connectivity index (χ1) is 32.2. The Bertz CT molecular complexity index is 2190. The molecule has 0 N–H and O–H groups in total. The Labute approximate surface area is 393 Å². The summed E-state index contributed by atoms with van der Waals surface area (Å²) in [4.78, 5) is 32.7. The second kappa shape index (κ2) is 28.8. The normalized spacial score (nSPS) is 11.0. The van der Waals surface area contributed by atoms with Crippen molar-refractivity contribution in [3.05, 3.63) is 156 Å². The molecule has 350 valence electrons. The van der Waals surface area contributed by atoms with E-state index in [0.717, 1.165) is 105 Å². The van der Waals surface area contributed by atoms with Crippen LogP contribution in [0.2, 0.25) is 0 Å². The zero-order valence-corrected chi connectivity index (χ0v) is 39.6. The summed E-state index contributed by atoms with van der Waals surface area (Å²) in [6, 6.07) is 33.6. The maximum atomic E-state index is 12.0. The molecule has 0 radical (unpaired) electrons. The quantitative estimate of drug-likeness (QED) is 0.0244. The van der Waals surface area contributed by atoms with E-state index in [0.29, 0.717) is 37.2 Å². The van der Waals surface area contributed by atoms with E-state index < -0.39 is 11.9 Å². The highest BCUT2D eigenvalue weighted by molar-refractivity contribution is 5.87. The third-order valence-corrected chi connectivity index (χ3v) is 11.5. The van der Waals surface area contributed by atoms with Crippen LogP contribution in [0.5, 0.6) is 11.5 Å². The summed E-state index contributed by atoms with van der Waals surface area (Å²) in [7, 11) is 0. The minimum absolute atomic E-state index is 0.0398. The van der Waals surface area contributed by atoms with Gasteiger partial charge < -0.3 is 23.7 Å². The fourth-order valence-corrected chi connectivity index (χ4v) is 7.60. The zero-order chi connectivity index (χ0) is 46.8. The van der Waals surface area contributed by atoms with Gasteiger partial charge in [0.1, 0.15) is 11.5 Å². The highest BCUT2D eigenvalue weighted by atomic mass is 16.5. The standard InChI is InChI=1S/C57H70N2O7/c1-6-47-41-51(27-29-53(47)50-25-23-48(24-26-50)49(32-39-65-56(60)43(2)3)33-40-66-57(61)44(4)5)63-36-15-8-7-11-17-45-19-21-46(22-20-45)31-38-62-35-14-9-10-16-37-64-52-28-30-55(59-42-52)54-18-12-13-34-58-54/h12-13,18-30,34,41-42,49H,2,4,6-11,14-17,31-33,35-40H2,1,3,5H3. The van der Waals surface area contributed by atoms with Crippen molar-refractivity contribution in [3.8, 4) is 34.0 Å². The summed E-state index contributed by atoms with van der Waals surface area (Å²) in [6.07, 6.45) is 16.5. The van der Waals surface area contributed by atoms with Gasteiger partial charge in [0.05, 0.1) is 50.6 Å². The van der Waals surface area contributed by atoms with Gasteiger partial charge >= 0.3 is 11.9 Å². The monoisotopic (exact) mass is 895 g/mol. The molecule has 0 fully saturated rings. The highest BCUT2D eigenvalue weighted by Crippen LogP contribution is 2.31. The van der Waals surface area contributed by atoms with E-state index in [1.54, 1.807) is 26.2 Å². The fraction of sp³-hybridized carbons (Fsp3) is 0.404. The molecule has 0 saturated heterocycles. The van der Waals surface area contributed by atoms with Crippen molar-refractivity contribution in [2.75, 3.05) is 39.6 Å². The van der Waals surface area contributed by atoms with Gasteiger partial charge in [-0.1, -0.05) is 100 Å². The molecule has 5 rings (SSSR count). The van der Waals surface area contributed by atoms with Crippen molar-refractivity contribution in [3.63, 3.8) is 0 Å². The van der Waals surface area contributed by atoms with E-state index in [9.17, 15) is 9.59 Å². The van der Waals surface area contributed by atoms with E-state index in [1.807, 2.05) is 30.3 Å². The number of benzene rings is 3. The Hall–Kier alpha value is -6.06. The zero-order valence-electron chi connectivity index (χ0n) is 39.6. The molecule has 2 aromatic heterocycles. The van der Waals surface area contributed by atoms with Gasteiger partial charge in [-0.15, -0.1) is 0 Å². The van der Waals surface area contributed by atoms with Crippen LogP contribution in [0.3, 0.4) is 0 Å². The molecule has 0 spiro atoms. The molecule has 9 nitrogen and oxygen atoms in total. The van der Waals surface area contributed by atoms with Gasteiger partial charge in [0.25, 0.3) is 0 Å². The lowest BCUT2D eigenvalue weighted by Gasteiger charge is -2.19. The van der Waals surface area contributed by atoms with E-state index >= 15 is 0 Å². The van der Waals surface area contributed by atoms with Gasteiger partial charge in [-0.2, -0.15) is 0 Å². The molecule has 2 heterocycles. The smallest absolute Gasteiger partial charge is 0.333 e. The second-order valence-electron chi connectivity index (χ2n) is 16.9. The summed E-state index contributed by atoms with van der Waals surface area (Å²) < 4.78 is 28.8. The Kier molecular flexibility index (Phi) is 22.2. The average Bonchev–Trinajstić information content (AvgIpc) is 3.34. The van der Waals surface area contributed by atoms with E-state index in [-0.39, 0.29) is 19.1 Å². The van der Waals surface area contributed by atoms with Crippen LogP contribution in [0.15, 0.2) is 134 Å². The van der Waals surface area contributed by atoms with E-state index in [1.165, 1.54) is 35.1 Å². The number of ether oxygens (including phenoxy) is 5. The molecule has 0 aliphatic heterocycles. The van der Waals surface area contributed by atoms with Gasteiger partial charge in [-0.3, -0.25) is 9.97 Å². The summed E-state index contributed by atoms with van der Waals surface area (Å²) in [6.45, 7) is 16.2. The first kappa shape index (κ1) is 50.9. The Balaban J connectivity index is 0.910. The number of hydrogen-bond acceptors (Lipinski definition) is 9. The number of carbonyl (C=O) groups is 2. The van der Waals surface area contributed by atoms with Gasteiger partial charge in [-0.05, 0) is 154 Å². The number of unbranched alkanes of at least 4 members (excludes halogenated alkanes) is 6. The van der Waals surface area contributed by atoms with E-state index in [2.05, 4.69) is 96.8 Å². The fourth-order valence-electron chi connectivity index (χ4n) is 7.60. The van der Waals surface area contributed by atoms with Crippen molar-refractivity contribution in [2.45, 2.75) is 110 Å². The van der Waals surface area contributed by atoms with Gasteiger partial charge in [-0.25, -0.2) is 9.59 Å². The molecule has 0 unspecified atom stereocenters. The lowest BCUT2D eigenvalue weighted by Crippen LogP contribution is -2.13. The third-order valence-electron chi connectivity index (χ3n) is 11.5. The van der Waals surface area contributed by atoms with Gasteiger partial charge in [0.2, 0.25) is 0 Å². The summed E-state index contributed by atoms with van der Waals surface area (Å²) in [5.41, 5.74) is 9.80. The number of pyridine rings is 2. The van der Waals surface area contributed by atoms with Crippen molar-refractivity contribution in [1.29, 1.82) is 0 Å². The lowest BCUT2D eigenvalue weighted by atomic mass is 9.90. The molecule has 9 heteroatoms. The Morgan fingerprint density at radius 3 is 1.76 bits per heavy atom. The predicted molar refractivity (Wildman–Crippen MR) is 265 cm³/mol. The number of nitrogens with zero attached hydrogens (tertiary/aromatic N) is 2. The minimum Gasteiger partial charge on any atom is -0.494 e. The SMILES string of the molecule is C=C(C)C(=O)OCCC(CCOC(=O)C(=C)C)c1ccc(-c2ccc(OCCCCCCc3ccc(CCOCCCCCCOc4ccc(-c5ccccn5)nc4)cc3)cc2CC)cc1. The lowest BCUT2D eigenvalue weighted by molar-refractivity contribution is -0.139.